The van der Waals surface area contributed by atoms with Gasteiger partial charge in [0, 0.05) is 33.7 Å². The molecule has 1 aliphatic heterocycles. The summed E-state index contributed by atoms with van der Waals surface area (Å²) in [7, 11) is -3.13. The van der Waals surface area contributed by atoms with Crippen LogP contribution < -0.4 is 0 Å². The van der Waals surface area contributed by atoms with Gasteiger partial charge in [0.1, 0.15) is 0 Å². The summed E-state index contributed by atoms with van der Waals surface area (Å²) in [6, 6.07) is 11.8. The van der Waals surface area contributed by atoms with Gasteiger partial charge in [-0.2, -0.15) is 0 Å². The molecule has 1 atom stereocenters. The van der Waals surface area contributed by atoms with E-state index in [2.05, 4.69) is 0 Å². The molecule has 1 fully saturated rings. The molecule has 0 N–H and O–H groups in total. The molecule has 1 aliphatic rings. The molecule has 0 radical (unpaired) electrons. The van der Waals surface area contributed by atoms with Crippen molar-refractivity contribution in [3.05, 3.63) is 74.7 Å². The van der Waals surface area contributed by atoms with Gasteiger partial charge in [-0.25, -0.2) is 8.42 Å². The number of rotatable bonds is 5. The Morgan fingerprint density at radius 2 is 1.75 bits per heavy atom. The molecular formula is C20H18Cl3NO3S. The third-order valence-electron chi connectivity index (χ3n) is 4.57. The molecule has 0 aromatic heterocycles. The molecule has 1 heterocycles. The van der Waals surface area contributed by atoms with Crippen molar-refractivity contribution in [1.82, 2.24) is 4.90 Å². The van der Waals surface area contributed by atoms with Gasteiger partial charge in [0.25, 0.3) is 0 Å². The van der Waals surface area contributed by atoms with Crippen LogP contribution in [0.15, 0.2) is 48.5 Å². The fourth-order valence-electron chi connectivity index (χ4n) is 3.09. The van der Waals surface area contributed by atoms with E-state index in [4.69, 9.17) is 34.8 Å². The van der Waals surface area contributed by atoms with Crippen LogP contribution in [0.4, 0.5) is 0 Å². The Morgan fingerprint density at radius 3 is 2.36 bits per heavy atom. The van der Waals surface area contributed by atoms with E-state index in [1.807, 2.05) is 12.1 Å². The number of halogens is 3. The van der Waals surface area contributed by atoms with Gasteiger partial charge >= 0.3 is 0 Å². The summed E-state index contributed by atoms with van der Waals surface area (Å²) in [6.45, 7) is 0.300. The lowest BCUT2D eigenvalue weighted by Crippen LogP contribution is -2.39. The molecule has 8 heteroatoms. The lowest BCUT2D eigenvalue weighted by atomic mass is 10.1. The van der Waals surface area contributed by atoms with E-state index in [0.29, 0.717) is 33.6 Å². The van der Waals surface area contributed by atoms with Crippen LogP contribution in [0, 0.1) is 0 Å². The third kappa shape index (κ3) is 5.51. The molecule has 1 amide bonds. The van der Waals surface area contributed by atoms with Crippen LogP contribution in [-0.4, -0.2) is 36.8 Å². The maximum Gasteiger partial charge on any atom is 0.247 e. The van der Waals surface area contributed by atoms with Gasteiger partial charge in [0.15, 0.2) is 9.84 Å². The normalized spacial score (nSPS) is 18.5. The summed E-state index contributed by atoms with van der Waals surface area (Å²) in [5, 5.41) is 1.54. The average molecular weight is 459 g/mol. The minimum atomic E-state index is -3.13. The van der Waals surface area contributed by atoms with E-state index >= 15 is 0 Å². The smallest absolute Gasteiger partial charge is 0.247 e. The molecule has 148 valence electrons. The standard InChI is InChI=1S/C20H18Cl3NO3S/c21-16-5-1-14(2-6-16)12-24(18-9-10-28(26,27)13-18)20(25)8-4-15-3-7-17(22)11-19(15)23/h1-8,11,18H,9-10,12-13H2/b8-4+/t18-/m1/s1. The number of nitrogens with zero attached hydrogens (tertiary/aromatic N) is 1. The fraction of sp³-hybridized carbons (Fsp3) is 0.250. The number of hydrogen-bond donors (Lipinski definition) is 0. The van der Waals surface area contributed by atoms with Crippen molar-refractivity contribution in [3.63, 3.8) is 0 Å². The van der Waals surface area contributed by atoms with Gasteiger partial charge in [0.2, 0.25) is 5.91 Å². The summed E-state index contributed by atoms with van der Waals surface area (Å²) in [6.07, 6.45) is 3.45. The summed E-state index contributed by atoms with van der Waals surface area (Å²) in [5.74, 6) is -0.209. The van der Waals surface area contributed by atoms with Crippen LogP contribution in [0.2, 0.25) is 15.1 Å². The zero-order chi connectivity index (χ0) is 20.3. The van der Waals surface area contributed by atoms with E-state index < -0.39 is 9.84 Å². The van der Waals surface area contributed by atoms with Gasteiger partial charge in [-0.15, -0.1) is 0 Å². The maximum absolute atomic E-state index is 12.9. The second-order valence-corrected chi connectivity index (χ2v) is 10.2. The molecule has 0 unspecified atom stereocenters. The summed E-state index contributed by atoms with van der Waals surface area (Å²) in [4.78, 5) is 14.5. The largest absolute Gasteiger partial charge is 0.331 e. The minimum absolute atomic E-state index is 0.0259. The first-order valence-corrected chi connectivity index (χ1v) is 11.6. The number of amides is 1. The van der Waals surface area contributed by atoms with Gasteiger partial charge in [-0.1, -0.05) is 53.0 Å². The lowest BCUT2D eigenvalue weighted by Gasteiger charge is -2.27. The molecule has 4 nitrogen and oxygen atoms in total. The van der Waals surface area contributed by atoms with Crippen molar-refractivity contribution in [2.24, 2.45) is 0 Å². The Hall–Kier alpha value is -1.53. The second kappa shape index (κ2) is 8.87. The van der Waals surface area contributed by atoms with Crippen LogP contribution in [0.25, 0.3) is 6.08 Å². The number of carbonyl (C=O) groups excluding carboxylic acids is 1. The van der Waals surface area contributed by atoms with E-state index in [1.54, 1.807) is 41.3 Å². The zero-order valence-corrected chi connectivity index (χ0v) is 17.9. The predicted molar refractivity (Wildman–Crippen MR) is 115 cm³/mol. The highest BCUT2D eigenvalue weighted by atomic mass is 35.5. The number of sulfone groups is 1. The quantitative estimate of drug-likeness (QED) is 0.600. The van der Waals surface area contributed by atoms with Crippen molar-refractivity contribution in [2.45, 2.75) is 19.0 Å². The van der Waals surface area contributed by atoms with Crippen LogP contribution in [0.1, 0.15) is 17.5 Å². The Balaban J connectivity index is 1.83. The highest BCUT2D eigenvalue weighted by molar-refractivity contribution is 7.91. The zero-order valence-electron chi connectivity index (χ0n) is 14.8. The highest BCUT2D eigenvalue weighted by Crippen LogP contribution is 2.24. The van der Waals surface area contributed by atoms with Gasteiger partial charge in [0.05, 0.1) is 11.5 Å². The number of hydrogen-bond acceptors (Lipinski definition) is 3. The fourth-order valence-corrected chi connectivity index (χ4v) is 5.42. The first-order chi connectivity index (χ1) is 13.2. The van der Waals surface area contributed by atoms with Crippen LogP contribution in [-0.2, 0) is 21.2 Å². The summed E-state index contributed by atoms with van der Waals surface area (Å²) in [5.41, 5.74) is 1.53. The SMILES string of the molecule is O=C(/C=C/c1ccc(Cl)cc1Cl)N(Cc1ccc(Cl)cc1)[C@@H]1CCS(=O)(=O)C1. The van der Waals surface area contributed by atoms with E-state index in [-0.39, 0.29) is 23.5 Å². The third-order valence-corrected chi connectivity index (χ3v) is 7.13. The molecule has 28 heavy (non-hydrogen) atoms. The van der Waals surface area contributed by atoms with Gasteiger partial charge in [-0.05, 0) is 47.9 Å². The molecule has 0 spiro atoms. The Kier molecular flexibility index (Phi) is 6.71. The van der Waals surface area contributed by atoms with Crippen molar-refractivity contribution < 1.29 is 13.2 Å². The average Bonchev–Trinajstić information content (AvgIpc) is 2.99. The van der Waals surface area contributed by atoms with E-state index in [0.717, 1.165) is 5.56 Å². The monoisotopic (exact) mass is 457 g/mol. The minimum Gasteiger partial charge on any atom is -0.331 e. The molecule has 0 aliphatic carbocycles. The lowest BCUT2D eigenvalue weighted by molar-refractivity contribution is -0.128. The topological polar surface area (TPSA) is 54.5 Å². The molecule has 2 aromatic rings. The first kappa shape index (κ1) is 21.2. The van der Waals surface area contributed by atoms with Gasteiger partial charge < -0.3 is 4.90 Å². The Bertz CT molecular complexity index is 1000. The first-order valence-electron chi connectivity index (χ1n) is 8.62. The Labute approximate surface area is 179 Å². The summed E-state index contributed by atoms with van der Waals surface area (Å²) < 4.78 is 23.8. The molecule has 3 rings (SSSR count). The highest BCUT2D eigenvalue weighted by Gasteiger charge is 2.34. The van der Waals surface area contributed by atoms with Crippen LogP contribution in [0.3, 0.4) is 0 Å². The van der Waals surface area contributed by atoms with Crippen molar-refractivity contribution in [2.75, 3.05) is 11.5 Å². The molecule has 1 saturated heterocycles. The van der Waals surface area contributed by atoms with Crippen LogP contribution in [0.5, 0.6) is 0 Å². The van der Waals surface area contributed by atoms with Crippen molar-refractivity contribution >= 4 is 56.6 Å². The Morgan fingerprint density at radius 1 is 1.07 bits per heavy atom. The van der Waals surface area contributed by atoms with E-state index in [9.17, 15) is 13.2 Å². The molecular weight excluding hydrogens is 441 g/mol. The number of carbonyl (C=O) groups is 1. The maximum atomic E-state index is 12.9. The van der Waals surface area contributed by atoms with E-state index in [1.165, 1.54) is 6.08 Å². The van der Waals surface area contributed by atoms with Crippen LogP contribution >= 0.6 is 34.8 Å². The number of benzene rings is 2. The predicted octanol–water partition coefficient (Wildman–Crippen LogP) is 4.88. The van der Waals surface area contributed by atoms with Crippen molar-refractivity contribution in [3.8, 4) is 0 Å². The molecule has 0 bridgehead atoms. The molecule has 2 aromatic carbocycles. The van der Waals surface area contributed by atoms with Gasteiger partial charge in [-0.3, -0.25) is 4.79 Å². The second-order valence-electron chi connectivity index (χ2n) is 6.65. The summed E-state index contributed by atoms with van der Waals surface area (Å²) >= 11 is 18.0. The van der Waals surface area contributed by atoms with Crippen molar-refractivity contribution in [1.29, 1.82) is 0 Å². The molecule has 0 saturated carbocycles.